The van der Waals surface area contributed by atoms with Gasteiger partial charge in [-0.3, -0.25) is 4.79 Å². The van der Waals surface area contributed by atoms with Crippen LogP contribution in [0.4, 0.5) is 0 Å². The van der Waals surface area contributed by atoms with Crippen LogP contribution in [-0.4, -0.2) is 43.3 Å². The van der Waals surface area contributed by atoms with Crippen molar-refractivity contribution < 1.29 is 9.90 Å². The van der Waals surface area contributed by atoms with E-state index >= 15 is 0 Å². The fourth-order valence-electron chi connectivity index (χ4n) is 3.30. The van der Waals surface area contributed by atoms with Crippen LogP contribution in [0, 0.1) is 0 Å². The summed E-state index contributed by atoms with van der Waals surface area (Å²) in [6, 6.07) is 7.87. The van der Waals surface area contributed by atoms with Gasteiger partial charge in [0.25, 0.3) is 0 Å². The molecule has 1 fully saturated rings. The van der Waals surface area contributed by atoms with Gasteiger partial charge >= 0.3 is 0 Å². The first kappa shape index (κ1) is 16.6. The lowest BCUT2D eigenvalue weighted by atomic mass is 9.96. The third-order valence-corrected chi connectivity index (χ3v) is 5.05. The van der Waals surface area contributed by atoms with Crippen LogP contribution < -0.4 is 0 Å². The number of hydrogen-bond acceptors (Lipinski definition) is 4. The Morgan fingerprint density at radius 1 is 1.33 bits per heavy atom. The molecule has 1 unspecified atom stereocenters. The highest BCUT2D eigenvalue weighted by Gasteiger charge is 2.35. The highest BCUT2D eigenvalue weighted by molar-refractivity contribution is 5.77. The van der Waals surface area contributed by atoms with Gasteiger partial charge in [-0.05, 0) is 37.5 Å². The SMILES string of the molecule is CC(c1ccc(-n2cncn2)cc1)N(C)C(=O)CC1(O)CCCC1. The number of nitrogens with zero attached hydrogens (tertiary/aromatic N) is 4. The summed E-state index contributed by atoms with van der Waals surface area (Å²) in [5, 5.41) is 14.5. The fraction of sp³-hybridized carbons (Fsp3) is 0.500. The number of carbonyl (C=O) groups is 1. The molecule has 6 nitrogen and oxygen atoms in total. The zero-order valence-corrected chi connectivity index (χ0v) is 14.2. The lowest BCUT2D eigenvalue weighted by Gasteiger charge is -2.29. The van der Waals surface area contributed by atoms with E-state index in [0.29, 0.717) is 0 Å². The summed E-state index contributed by atoms with van der Waals surface area (Å²) in [6.07, 6.45) is 6.83. The Morgan fingerprint density at radius 3 is 2.58 bits per heavy atom. The van der Waals surface area contributed by atoms with Gasteiger partial charge in [0.15, 0.2) is 0 Å². The van der Waals surface area contributed by atoms with Gasteiger partial charge in [-0.2, -0.15) is 5.10 Å². The summed E-state index contributed by atoms with van der Waals surface area (Å²) in [5.74, 6) is -0.00717. The first-order valence-electron chi connectivity index (χ1n) is 8.41. The number of amides is 1. The molecule has 1 saturated carbocycles. The third kappa shape index (κ3) is 3.48. The molecule has 3 rings (SSSR count). The second-order valence-electron chi connectivity index (χ2n) is 6.72. The maximum atomic E-state index is 12.5. The molecule has 24 heavy (non-hydrogen) atoms. The Morgan fingerprint density at radius 2 is 2.00 bits per heavy atom. The maximum Gasteiger partial charge on any atom is 0.225 e. The molecule has 1 heterocycles. The second-order valence-corrected chi connectivity index (χ2v) is 6.72. The summed E-state index contributed by atoms with van der Waals surface area (Å²) in [6.45, 7) is 2.00. The van der Waals surface area contributed by atoms with Crippen molar-refractivity contribution in [2.45, 2.75) is 50.7 Å². The quantitative estimate of drug-likeness (QED) is 0.915. The molecule has 1 atom stereocenters. The Labute approximate surface area is 142 Å². The van der Waals surface area contributed by atoms with E-state index < -0.39 is 5.60 Å². The van der Waals surface area contributed by atoms with Crippen molar-refractivity contribution in [1.29, 1.82) is 0 Å². The number of benzene rings is 1. The number of aliphatic hydroxyl groups is 1. The van der Waals surface area contributed by atoms with E-state index in [4.69, 9.17) is 0 Å². The maximum absolute atomic E-state index is 12.5. The van der Waals surface area contributed by atoms with Crippen molar-refractivity contribution in [3.8, 4) is 5.69 Å². The van der Waals surface area contributed by atoms with Gasteiger partial charge in [0.2, 0.25) is 5.91 Å². The Hall–Kier alpha value is -2.21. The van der Waals surface area contributed by atoms with Crippen molar-refractivity contribution in [1.82, 2.24) is 19.7 Å². The molecule has 6 heteroatoms. The summed E-state index contributed by atoms with van der Waals surface area (Å²) in [4.78, 5) is 18.2. The predicted molar refractivity (Wildman–Crippen MR) is 90.6 cm³/mol. The first-order chi connectivity index (χ1) is 11.5. The van der Waals surface area contributed by atoms with Crippen LogP contribution in [-0.2, 0) is 4.79 Å². The highest BCUT2D eigenvalue weighted by atomic mass is 16.3. The van der Waals surface area contributed by atoms with Crippen LogP contribution in [0.15, 0.2) is 36.9 Å². The molecule has 2 aromatic rings. The van der Waals surface area contributed by atoms with Crippen LogP contribution in [0.25, 0.3) is 5.69 Å². The highest BCUT2D eigenvalue weighted by Crippen LogP contribution is 2.33. The van der Waals surface area contributed by atoms with Gasteiger partial charge in [0, 0.05) is 7.05 Å². The lowest BCUT2D eigenvalue weighted by Crippen LogP contribution is -2.37. The van der Waals surface area contributed by atoms with Gasteiger partial charge in [0.05, 0.1) is 23.8 Å². The Balaban J connectivity index is 1.66. The van der Waals surface area contributed by atoms with Crippen molar-refractivity contribution in [2.75, 3.05) is 7.05 Å². The molecule has 1 N–H and O–H groups in total. The van der Waals surface area contributed by atoms with Crippen LogP contribution in [0.3, 0.4) is 0 Å². The van der Waals surface area contributed by atoms with E-state index in [2.05, 4.69) is 10.1 Å². The summed E-state index contributed by atoms with van der Waals surface area (Å²) in [7, 11) is 1.80. The number of hydrogen-bond donors (Lipinski definition) is 1. The average molecular weight is 328 g/mol. The Kier molecular flexibility index (Phi) is 4.66. The normalized spacial score (nSPS) is 17.6. The van der Waals surface area contributed by atoms with Crippen molar-refractivity contribution >= 4 is 5.91 Å². The number of aromatic nitrogens is 3. The lowest BCUT2D eigenvalue weighted by molar-refractivity contribution is -0.136. The largest absolute Gasteiger partial charge is 0.389 e. The van der Waals surface area contributed by atoms with E-state index in [0.717, 1.165) is 36.9 Å². The molecule has 1 aliphatic rings. The van der Waals surface area contributed by atoms with Gasteiger partial charge in [0.1, 0.15) is 12.7 Å². The van der Waals surface area contributed by atoms with Gasteiger partial charge in [-0.25, -0.2) is 9.67 Å². The fourth-order valence-corrected chi connectivity index (χ4v) is 3.30. The molecule has 0 radical (unpaired) electrons. The first-order valence-corrected chi connectivity index (χ1v) is 8.41. The number of carbonyl (C=O) groups excluding carboxylic acids is 1. The minimum Gasteiger partial charge on any atom is -0.389 e. The van der Waals surface area contributed by atoms with Gasteiger partial charge in [-0.15, -0.1) is 0 Å². The zero-order chi connectivity index (χ0) is 17.2. The minimum atomic E-state index is -0.804. The van der Waals surface area contributed by atoms with E-state index in [1.54, 1.807) is 23.0 Å². The summed E-state index contributed by atoms with van der Waals surface area (Å²) in [5.41, 5.74) is 1.17. The van der Waals surface area contributed by atoms with E-state index in [-0.39, 0.29) is 18.4 Å². The third-order valence-electron chi connectivity index (χ3n) is 5.05. The van der Waals surface area contributed by atoms with Crippen molar-refractivity contribution in [2.24, 2.45) is 0 Å². The van der Waals surface area contributed by atoms with Crippen molar-refractivity contribution in [3.05, 3.63) is 42.5 Å². The van der Waals surface area contributed by atoms with E-state index in [1.165, 1.54) is 6.33 Å². The monoisotopic (exact) mass is 328 g/mol. The molecule has 0 saturated heterocycles. The van der Waals surface area contributed by atoms with Crippen LogP contribution in [0.5, 0.6) is 0 Å². The number of rotatable bonds is 5. The molecule has 1 amide bonds. The smallest absolute Gasteiger partial charge is 0.225 e. The minimum absolute atomic E-state index is 0.00717. The molecule has 1 aliphatic carbocycles. The standard InChI is InChI=1S/C18H24N4O2/c1-14(21(2)17(23)11-18(24)9-3-4-10-18)15-5-7-16(8-6-15)22-13-19-12-20-22/h5-8,12-14,24H,3-4,9-11H2,1-2H3. The van der Waals surface area contributed by atoms with E-state index in [1.807, 2.05) is 31.2 Å². The molecule has 0 bridgehead atoms. The summed E-state index contributed by atoms with van der Waals surface area (Å²) < 4.78 is 1.69. The molecular formula is C18H24N4O2. The second kappa shape index (κ2) is 6.73. The van der Waals surface area contributed by atoms with Crippen LogP contribution >= 0.6 is 0 Å². The molecule has 0 spiro atoms. The van der Waals surface area contributed by atoms with Crippen LogP contribution in [0.1, 0.15) is 50.6 Å². The molecule has 0 aliphatic heterocycles. The van der Waals surface area contributed by atoms with Crippen LogP contribution in [0.2, 0.25) is 0 Å². The van der Waals surface area contributed by atoms with Crippen molar-refractivity contribution in [3.63, 3.8) is 0 Å². The van der Waals surface area contributed by atoms with E-state index in [9.17, 15) is 9.90 Å². The Bertz CT molecular complexity index is 676. The predicted octanol–water partition coefficient (Wildman–Crippen LogP) is 2.48. The average Bonchev–Trinajstić information content (AvgIpc) is 3.25. The summed E-state index contributed by atoms with van der Waals surface area (Å²) >= 11 is 0. The van der Waals surface area contributed by atoms with Gasteiger partial charge in [-0.1, -0.05) is 25.0 Å². The molecule has 1 aromatic carbocycles. The molecule has 128 valence electrons. The molecular weight excluding hydrogens is 304 g/mol. The van der Waals surface area contributed by atoms with Gasteiger partial charge < -0.3 is 10.0 Å². The zero-order valence-electron chi connectivity index (χ0n) is 14.2. The topological polar surface area (TPSA) is 71.2 Å². The molecule has 1 aromatic heterocycles.